The van der Waals surface area contributed by atoms with Crippen molar-refractivity contribution >= 4 is 23.2 Å². The Morgan fingerprint density at radius 3 is 1.77 bits per heavy atom. The predicted molar refractivity (Wildman–Crippen MR) is 127 cm³/mol. The minimum absolute atomic E-state index is 0.00380. The summed E-state index contributed by atoms with van der Waals surface area (Å²) in [6, 6.07) is 0. The molecular weight excluding hydrogens is 464 g/mol. The van der Waals surface area contributed by atoms with Gasteiger partial charge in [0.1, 0.15) is 11.4 Å². The molecule has 1 aromatic carbocycles. The van der Waals surface area contributed by atoms with Gasteiger partial charge < -0.3 is 45.0 Å². The van der Waals surface area contributed by atoms with Gasteiger partial charge >= 0.3 is 0 Å². The largest absolute Gasteiger partial charge is 0.394 e. The van der Waals surface area contributed by atoms with Gasteiger partial charge in [-0.05, 0) is 0 Å². The molecule has 2 rings (SSSR count). The summed E-state index contributed by atoms with van der Waals surface area (Å²) in [4.78, 5) is 47.1. The van der Waals surface area contributed by atoms with Crippen molar-refractivity contribution in [3.8, 4) is 0 Å². The molecule has 198 valence electrons. The summed E-state index contributed by atoms with van der Waals surface area (Å²) in [5, 5.41) is 5.55. The Balaban J connectivity index is 1.25. The van der Waals surface area contributed by atoms with Crippen LogP contribution in [0.4, 0.5) is 11.4 Å². The number of nitrogens with two attached hydrogens (primary N) is 1. The van der Waals surface area contributed by atoms with Crippen LogP contribution in [0.15, 0.2) is 9.59 Å². The number of carbonyl (C=O) groups is 2. The lowest BCUT2D eigenvalue weighted by atomic mass is 10.1. The molecule has 13 nitrogen and oxygen atoms in total. The first kappa shape index (κ1) is 28.7. The van der Waals surface area contributed by atoms with Gasteiger partial charge in [0.25, 0.3) is 10.9 Å². The molecule has 1 unspecified atom stereocenters. The average molecular weight is 501 g/mol. The Bertz CT molecular complexity index is 856. The highest BCUT2D eigenvalue weighted by molar-refractivity contribution is 5.89. The van der Waals surface area contributed by atoms with E-state index in [0.717, 1.165) is 0 Å². The number of nitrogen functional groups attached to an aromatic ring is 1. The highest BCUT2D eigenvalue weighted by Crippen LogP contribution is 2.15. The van der Waals surface area contributed by atoms with Crippen LogP contribution in [0, 0.1) is 5.92 Å². The lowest BCUT2D eigenvalue weighted by molar-refractivity contribution is -0.128. The molecule has 1 aromatic rings. The number of ether oxygens (including phenoxy) is 5. The molecule has 35 heavy (non-hydrogen) atoms. The zero-order chi connectivity index (χ0) is 25.5. The zero-order valence-electron chi connectivity index (χ0n) is 20.2. The molecule has 1 aliphatic heterocycles. The third-order valence-corrected chi connectivity index (χ3v) is 5.24. The summed E-state index contributed by atoms with van der Waals surface area (Å²) in [5.74, 6) is -0.396. The van der Waals surface area contributed by atoms with Gasteiger partial charge in [-0.2, -0.15) is 0 Å². The fourth-order valence-corrected chi connectivity index (χ4v) is 3.24. The van der Waals surface area contributed by atoms with Crippen LogP contribution in [-0.2, 0) is 33.3 Å². The van der Waals surface area contributed by atoms with E-state index >= 15 is 0 Å². The van der Waals surface area contributed by atoms with Gasteiger partial charge in [0.2, 0.25) is 11.8 Å². The highest BCUT2D eigenvalue weighted by atomic mass is 16.6. The summed E-state index contributed by atoms with van der Waals surface area (Å²) in [6.45, 7) is 5.38. The maximum Gasteiger partial charge on any atom is 0.253 e. The van der Waals surface area contributed by atoms with Gasteiger partial charge in [-0.25, -0.2) is 0 Å². The second kappa shape index (κ2) is 16.2. The summed E-state index contributed by atoms with van der Waals surface area (Å²) in [7, 11) is 1.70. The van der Waals surface area contributed by atoms with Crippen LogP contribution >= 0.6 is 0 Å². The number of nitrogens with one attached hydrogen (secondary N) is 2. The van der Waals surface area contributed by atoms with Crippen molar-refractivity contribution in [1.29, 1.82) is 0 Å². The fraction of sp³-hybridized carbons (Fsp3) is 0.727. The number of anilines is 2. The van der Waals surface area contributed by atoms with E-state index in [1.807, 2.05) is 0 Å². The van der Waals surface area contributed by atoms with E-state index in [4.69, 9.17) is 29.4 Å². The molecule has 0 aromatic heterocycles. The lowest BCUT2D eigenvalue weighted by Crippen LogP contribution is -2.37. The molecule has 1 fully saturated rings. The fourth-order valence-electron chi connectivity index (χ4n) is 3.24. The van der Waals surface area contributed by atoms with E-state index in [2.05, 4.69) is 10.6 Å². The molecule has 0 aliphatic carbocycles. The Hall–Kier alpha value is -2.58. The first-order valence-electron chi connectivity index (χ1n) is 11.6. The number of hydrogen-bond donors (Lipinski definition) is 3. The smallest absolute Gasteiger partial charge is 0.253 e. The van der Waals surface area contributed by atoms with Gasteiger partial charge in [-0.1, -0.05) is 0 Å². The molecule has 13 heteroatoms. The Morgan fingerprint density at radius 1 is 0.829 bits per heavy atom. The maximum absolute atomic E-state index is 11.9. The third kappa shape index (κ3) is 10.3. The van der Waals surface area contributed by atoms with Crippen molar-refractivity contribution in [2.24, 2.45) is 5.92 Å². The molecule has 0 radical (unpaired) electrons. The Morgan fingerprint density at radius 2 is 1.31 bits per heavy atom. The lowest BCUT2D eigenvalue weighted by Gasteiger charge is -2.11. The second-order valence-corrected chi connectivity index (χ2v) is 7.90. The second-order valence-electron chi connectivity index (χ2n) is 7.90. The monoisotopic (exact) mass is 500 g/mol. The van der Waals surface area contributed by atoms with E-state index in [1.54, 1.807) is 11.9 Å². The van der Waals surface area contributed by atoms with Crippen molar-refractivity contribution < 1.29 is 33.3 Å². The minimum Gasteiger partial charge on any atom is -0.394 e. The summed E-state index contributed by atoms with van der Waals surface area (Å²) in [6.07, 6.45) is 0.267. The predicted octanol–water partition coefficient (Wildman–Crippen LogP) is -2.05. The van der Waals surface area contributed by atoms with Crippen molar-refractivity contribution in [3.05, 3.63) is 20.4 Å². The van der Waals surface area contributed by atoms with Crippen LogP contribution in [0.1, 0.15) is 6.42 Å². The number of likely N-dealkylation sites (tertiary alicyclic amines) is 1. The van der Waals surface area contributed by atoms with Crippen LogP contribution in [0.5, 0.6) is 0 Å². The van der Waals surface area contributed by atoms with E-state index in [-0.39, 0.29) is 35.5 Å². The minimum atomic E-state index is -0.646. The molecular formula is C22H36N4O9. The van der Waals surface area contributed by atoms with Crippen LogP contribution in [0.3, 0.4) is 0 Å². The first-order chi connectivity index (χ1) is 16.9. The number of amides is 2. The van der Waals surface area contributed by atoms with Crippen molar-refractivity contribution in [3.63, 3.8) is 0 Å². The van der Waals surface area contributed by atoms with E-state index in [9.17, 15) is 19.2 Å². The van der Waals surface area contributed by atoms with Gasteiger partial charge in [0, 0.05) is 33.1 Å². The van der Waals surface area contributed by atoms with Gasteiger partial charge in [0.05, 0.1) is 72.0 Å². The van der Waals surface area contributed by atoms with Gasteiger partial charge in [-0.3, -0.25) is 19.2 Å². The van der Waals surface area contributed by atoms with Crippen molar-refractivity contribution in [2.45, 2.75) is 6.42 Å². The average Bonchev–Trinajstić information content (AvgIpc) is 3.20. The zero-order valence-corrected chi connectivity index (χ0v) is 20.2. The molecule has 1 aliphatic rings. The highest BCUT2D eigenvalue weighted by Gasteiger charge is 2.31. The molecule has 4 N–H and O–H groups in total. The van der Waals surface area contributed by atoms with E-state index in [1.165, 1.54) is 0 Å². The summed E-state index contributed by atoms with van der Waals surface area (Å²) < 4.78 is 26.9. The quantitative estimate of drug-likeness (QED) is 0.133. The van der Waals surface area contributed by atoms with Crippen LogP contribution in [0.2, 0.25) is 0 Å². The number of nitrogens with zero attached hydrogens (tertiary/aromatic N) is 1. The van der Waals surface area contributed by atoms with Crippen LogP contribution in [-0.4, -0.2) is 109 Å². The number of carbonyl (C=O) groups excluding carboxylic acids is 2. The normalized spacial score (nSPS) is 15.7. The summed E-state index contributed by atoms with van der Waals surface area (Å²) in [5.41, 5.74) is 4.31. The number of hydrogen-bond acceptors (Lipinski definition) is 11. The van der Waals surface area contributed by atoms with E-state index < -0.39 is 10.9 Å². The maximum atomic E-state index is 11.9. The van der Waals surface area contributed by atoms with Gasteiger partial charge in [-0.15, -0.1) is 0 Å². The van der Waals surface area contributed by atoms with E-state index in [0.29, 0.717) is 85.7 Å². The molecule has 1 atom stereocenters. The van der Waals surface area contributed by atoms with Crippen LogP contribution in [0.25, 0.3) is 0 Å². The number of rotatable bonds is 20. The molecule has 2 amide bonds. The molecule has 1 saturated heterocycles. The topological polar surface area (TPSA) is 168 Å². The van der Waals surface area contributed by atoms with Crippen LogP contribution < -0.4 is 27.2 Å². The Kier molecular flexibility index (Phi) is 13.2. The molecule has 1 heterocycles. The van der Waals surface area contributed by atoms with Crippen molar-refractivity contribution in [2.75, 3.05) is 104 Å². The molecule has 0 saturated carbocycles. The molecule has 0 bridgehead atoms. The third-order valence-electron chi connectivity index (χ3n) is 5.24. The summed E-state index contributed by atoms with van der Waals surface area (Å²) >= 11 is 0. The standard InChI is InChI=1S/C22H36N4O9/c1-26-15-16(14-17(26)27)22(30)25-3-5-32-7-9-34-11-13-35-12-10-33-8-6-31-4-2-24-19-18(23)20(28)21(19)29/h16,24H,2-15,23H2,1H3,(H,25,30). The van der Waals surface area contributed by atoms with Gasteiger partial charge in [0.15, 0.2) is 0 Å². The molecule has 0 spiro atoms. The SMILES string of the molecule is CN1CC(C(=O)NCCOCCOCCOCCOCCOCCNc2c(N)c(=O)c2=O)CC1=O. The first-order valence-corrected chi connectivity index (χ1v) is 11.6. The van der Waals surface area contributed by atoms with Crippen molar-refractivity contribution in [1.82, 2.24) is 10.2 Å². The Labute approximate surface area is 203 Å².